The van der Waals surface area contributed by atoms with Gasteiger partial charge in [0.15, 0.2) is 0 Å². The molecular weight excluding hydrogens is 302 g/mol. The number of carbonyl (C=O) groups is 1. The molecule has 0 spiro atoms. The average molecular weight is 325 g/mol. The van der Waals surface area contributed by atoms with Gasteiger partial charge in [0.2, 0.25) is 17.6 Å². The standard InChI is InChI=1S/C19H23N3O2/c1-3-7-18(23)22-11-6-9-15(13-22)12-17-20-19(21-24-17)16-10-5-4-8-14(16)2/h3-5,7-8,10,15H,6,9,11-13H2,1-2H3. The van der Waals surface area contributed by atoms with Gasteiger partial charge in [0.25, 0.3) is 0 Å². The number of hydrogen-bond donors (Lipinski definition) is 0. The number of nitrogens with zero attached hydrogens (tertiary/aromatic N) is 3. The Kier molecular flexibility index (Phi) is 5.08. The molecule has 1 fully saturated rings. The average Bonchev–Trinajstić information content (AvgIpc) is 3.04. The van der Waals surface area contributed by atoms with Gasteiger partial charge in [0.05, 0.1) is 0 Å². The number of likely N-dealkylation sites (tertiary alicyclic amines) is 1. The van der Waals surface area contributed by atoms with E-state index in [1.807, 2.05) is 43.0 Å². The molecule has 0 radical (unpaired) electrons. The molecule has 1 saturated heterocycles. The summed E-state index contributed by atoms with van der Waals surface area (Å²) in [4.78, 5) is 18.5. The van der Waals surface area contributed by atoms with Gasteiger partial charge in [-0.05, 0) is 44.2 Å². The third kappa shape index (κ3) is 3.72. The van der Waals surface area contributed by atoms with Crippen molar-refractivity contribution in [2.75, 3.05) is 13.1 Å². The van der Waals surface area contributed by atoms with Crippen molar-refractivity contribution in [2.45, 2.75) is 33.1 Å². The Labute approximate surface area is 142 Å². The normalized spacial score (nSPS) is 18.2. The van der Waals surface area contributed by atoms with Gasteiger partial charge in [-0.15, -0.1) is 0 Å². The topological polar surface area (TPSA) is 59.2 Å². The van der Waals surface area contributed by atoms with Crippen molar-refractivity contribution in [3.05, 3.63) is 47.9 Å². The zero-order valence-corrected chi connectivity index (χ0v) is 14.2. The number of allylic oxidation sites excluding steroid dienone is 1. The number of piperidine rings is 1. The molecule has 1 aliphatic rings. The number of aryl methyl sites for hydroxylation is 1. The van der Waals surface area contributed by atoms with E-state index in [0.29, 0.717) is 17.6 Å². The molecule has 5 heteroatoms. The van der Waals surface area contributed by atoms with Gasteiger partial charge in [-0.3, -0.25) is 4.79 Å². The molecule has 1 aromatic heterocycles. The van der Waals surface area contributed by atoms with Crippen molar-refractivity contribution >= 4 is 5.91 Å². The first-order valence-corrected chi connectivity index (χ1v) is 8.47. The number of benzene rings is 1. The van der Waals surface area contributed by atoms with E-state index >= 15 is 0 Å². The fourth-order valence-electron chi connectivity index (χ4n) is 3.20. The number of rotatable bonds is 4. The van der Waals surface area contributed by atoms with Crippen molar-refractivity contribution in [3.63, 3.8) is 0 Å². The van der Waals surface area contributed by atoms with Crippen LogP contribution in [0.3, 0.4) is 0 Å². The van der Waals surface area contributed by atoms with E-state index in [9.17, 15) is 4.79 Å². The number of carbonyl (C=O) groups excluding carboxylic acids is 1. The number of amides is 1. The first kappa shape index (κ1) is 16.4. The molecule has 1 amide bonds. The van der Waals surface area contributed by atoms with Gasteiger partial charge < -0.3 is 9.42 Å². The Bertz CT molecular complexity index is 736. The zero-order valence-electron chi connectivity index (χ0n) is 14.2. The molecule has 3 rings (SSSR count). The summed E-state index contributed by atoms with van der Waals surface area (Å²) in [5.74, 6) is 1.76. The van der Waals surface area contributed by atoms with Crippen molar-refractivity contribution in [2.24, 2.45) is 5.92 Å². The summed E-state index contributed by atoms with van der Waals surface area (Å²) in [5, 5.41) is 4.12. The second kappa shape index (κ2) is 7.43. The van der Waals surface area contributed by atoms with Crippen LogP contribution in [0.15, 0.2) is 40.9 Å². The zero-order chi connectivity index (χ0) is 16.9. The molecule has 0 saturated carbocycles. The van der Waals surface area contributed by atoms with Gasteiger partial charge in [-0.1, -0.05) is 35.5 Å². The van der Waals surface area contributed by atoms with E-state index in [4.69, 9.17) is 4.52 Å². The van der Waals surface area contributed by atoms with E-state index in [1.165, 1.54) is 0 Å². The highest BCUT2D eigenvalue weighted by atomic mass is 16.5. The lowest BCUT2D eigenvalue weighted by Crippen LogP contribution is -2.39. The van der Waals surface area contributed by atoms with Gasteiger partial charge in [-0.25, -0.2) is 0 Å². The maximum absolute atomic E-state index is 12.0. The maximum Gasteiger partial charge on any atom is 0.246 e. The highest BCUT2D eigenvalue weighted by Crippen LogP contribution is 2.23. The Morgan fingerprint density at radius 2 is 2.25 bits per heavy atom. The second-order valence-electron chi connectivity index (χ2n) is 6.32. The predicted octanol–water partition coefficient (Wildman–Crippen LogP) is 3.40. The smallest absolute Gasteiger partial charge is 0.246 e. The van der Waals surface area contributed by atoms with Gasteiger partial charge in [0.1, 0.15) is 0 Å². The molecule has 0 aliphatic carbocycles. The molecule has 0 bridgehead atoms. The van der Waals surface area contributed by atoms with Crippen LogP contribution in [0, 0.1) is 12.8 Å². The summed E-state index contributed by atoms with van der Waals surface area (Å²) < 4.78 is 5.44. The fourth-order valence-corrected chi connectivity index (χ4v) is 3.20. The Hall–Kier alpha value is -2.43. The summed E-state index contributed by atoms with van der Waals surface area (Å²) in [5.41, 5.74) is 2.13. The molecule has 24 heavy (non-hydrogen) atoms. The molecule has 5 nitrogen and oxygen atoms in total. The molecule has 1 unspecified atom stereocenters. The van der Waals surface area contributed by atoms with Crippen molar-refractivity contribution in [1.29, 1.82) is 0 Å². The highest BCUT2D eigenvalue weighted by molar-refractivity contribution is 5.87. The third-order valence-corrected chi connectivity index (χ3v) is 4.46. The molecule has 2 heterocycles. The largest absolute Gasteiger partial charge is 0.339 e. The quantitative estimate of drug-likeness (QED) is 0.808. The van der Waals surface area contributed by atoms with E-state index in [1.54, 1.807) is 12.2 Å². The molecule has 0 N–H and O–H groups in total. The molecule has 1 aromatic carbocycles. The SMILES string of the molecule is CC=CC(=O)N1CCCC(Cc2nc(-c3ccccc3C)no2)C1. The lowest BCUT2D eigenvalue weighted by atomic mass is 9.94. The Morgan fingerprint density at radius 1 is 1.42 bits per heavy atom. The minimum Gasteiger partial charge on any atom is -0.339 e. The van der Waals surface area contributed by atoms with Crippen LogP contribution in [0.5, 0.6) is 0 Å². The minimum atomic E-state index is 0.0910. The first-order valence-electron chi connectivity index (χ1n) is 8.47. The summed E-state index contributed by atoms with van der Waals surface area (Å²) in [6, 6.07) is 8.02. The van der Waals surface area contributed by atoms with E-state index in [-0.39, 0.29) is 5.91 Å². The summed E-state index contributed by atoms with van der Waals surface area (Å²) >= 11 is 0. The second-order valence-corrected chi connectivity index (χ2v) is 6.32. The molecule has 1 aliphatic heterocycles. The van der Waals surface area contributed by atoms with Gasteiger partial charge in [0, 0.05) is 25.1 Å². The van der Waals surface area contributed by atoms with Crippen LogP contribution in [0.4, 0.5) is 0 Å². The number of aromatic nitrogens is 2. The van der Waals surface area contributed by atoms with Crippen molar-refractivity contribution in [3.8, 4) is 11.4 Å². The summed E-state index contributed by atoms with van der Waals surface area (Å²) in [7, 11) is 0. The fraction of sp³-hybridized carbons (Fsp3) is 0.421. The molecule has 2 aromatic rings. The van der Waals surface area contributed by atoms with Gasteiger partial charge in [-0.2, -0.15) is 4.98 Å². The Morgan fingerprint density at radius 3 is 3.04 bits per heavy atom. The Balaban J connectivity index is 1.66. The predicted molar refractivity (Wildman–Crippen MR) is 92.3 cm³/mol. The van der Waals surface area contributed by atoms with E-state index in [2.05, 4.69) is 10.1 Å². The molecular formula is C19H23N3O2. The van der Waals surface area contributed by atoms with Crippen LogP contribution < -0.4 is 0 Å². The molecule has 126 valence electrons. The van der Waals surface area contributed by atoms with Crippen LogP contribution in [-0.4, -0.2) is 34.0 Å². The summed E-state index contributed by atoms with van der Waals surface area (Å²) in [6.07, 6.45) is 6.25. The van der Waals surface area contributed by atoms with Crippen molar-refractivity contribution in [1.82, 2.24) is 15.0 Å². The van der Waals surface area contributed by atoms with E-state index in [0.717, 1.165) is 43.5 Å². The van der Waals surface area contributed by atoms with Crippen LogP contribution in [0.2, 0.25) is 0 Å². The lowest BCUT2D eigenvalue weighted by Gasteiger charge is -2.31. The van der Waals surface area contributed by atoms with E-state index < -0.39 is 0 Å². The van der Waals surface area contributed by atoms with Crippen LogP contribution in [0.1, 0.15) is 31.2 Å². The van der Waals surface area contributed by atoms with Gasteiger partial charge >= 0.3 is 0 Å². The van der Waals surface area contributed by atoms with Crippen LogP contribution in [0.25, 0.3) is 11.4 Å². The van der Waals surface area contributed by atoms with Crippen LogP contribution in [-0.2, 0) is 11.2 Å². The highest BCUT2D eigenvalue weighted by Gasteiger charge is 2.24. The van der Waals surface area contributed by atoms with Crippen molar-refractivity contribution < 1.29 is 9.32 Å². The minimum absolute atomic E-state index is 0.0910. The monoisotopic (exact) mass is 325 g/mol. The summed E-state index contributed by atoms with van der Waals surface area (Å²) in [6.45, 7) is 5.49. The lowest BCUT2D eigenvalue weighted by molar-refractivity contribution is -0.127. The maximum atomic E-state index is 12.0. The first-order chi connectivity index (χ1) is 11.7. The number of hydrogen-bond acceptors (Lipinski definition) is 4. The molecule has 1 atom stereocenters. The van der Waals surface area contributed by atoms with Crippen LogP contribution >= 0.6 is 0 Å². The third-order valence-electron chi connectivity index (χ3n) is 4.46.